The molecule has 2 nitrogen and oxygen atoms in total. The van der Waals surface area contributed by atoms with Crippen molar-refractivity contribution in [2.45, 2.75) is 122 Å². The van der Waals surface area contributed by atoms with Crippen LogP contribution in [0.5, 0.6) is 0 Å². The lowest BCUT2D eigenvalue weighted by Crippen LogP contribution is -1.93. The van der Waals surface area contributed by atoms with E-state index in [2.05, 4.69) is 79.8 Å². The molecule has 192 valence electrons. The number of unbranched alkanes of at least 4 members (excludes halogenated alkanes) is 10. The van der Waals surface area contributed by atoms with E-state index in [1.807, 2.05) is 0 Å². The highest BCUT2D eigenvalue weighted by Gasteiger charge is 1.96. The fraction of sp³-hybridized carbons (Fsp3) is 0.594. The fourth-order valence-corrected chi connectivity index (χ4v) is 3.59. The van der Waals surface area contributed by atoms with E-state index in [-0.39, 0.29) is 0 Å². The summed E-state index contributed by atoms with van der Waals surface area (Å²) < 4.78 is 0. The Morgan fingerprint density at radius 3 is 1.18 bits per heavy atom. The number of aliphatic carboxylic acids is 1. The minimum absolute atomic E-state index is 0.330. The number of carboxylic acids is 1. The zero-order valence-corrected chi connectivity index (χ0v) is 22.0. The predicted molar refractivity (Wildman–Crippen MR) is 151 cm³/mol. The molecule has 0 aromatic heterocycles. The van der Waals surface area contributed by atoms with Gasteiger partial charge in [-0.1, -0.05) is 131 Å². The number of hydrogen-bond donors (Lipinski definition) is 1. The maximum atomic E-state index is 10.4. The first-order valence-electron chi connectivity index (χ1n) is 13.9. The minimum Gasteiger partial charge on any atom is -0.481 e. The average molecular weight is 469 g/mol. The van der Waals surface area contributed by atoms with Gasteiger partial charge in [0.1, 0.15) is 0 Å². The summed E-state index contributed by atoms with van der Waals surface area (Å²) in [5.74, 6) is -0.663. The maximum Gasteiger partial charge on any atom is 0.303 e. The molecule has 0 saturated carbocycles. The number of rotatable bonds is 24. The zero-order chi connectivity index (χ0) is 24.8. The maximum absolute atomic E-state index is 10.4. The second-order valence-corrected chi connectivity index (χ2v) is 8.88. The van der Waals surface area contributed by atoms with Gasteiger partial charge < -0.3 is 5.11 Å². The number of allylic oxidation sites excluding steroid dienone is 12. The molecule has 0 rings (SSSR count). The average Bonchev–Trinajstić information content (AvgIpc) is 2.83. The van der Waals surface area contributed by atoms with Crippen molar-refractivity contribution in [2.24, 2.45) is 0 Å². The van der Waals surface area contributed by atoms with Gasteiger partial charge in [-0.2, -0.15) is 0 Å². The van der Waals surface area contributed by atoms with E-state index < -0.39 is 5.97 Å². The Labute approximate surface area is 211 Å². The number of hydrogen-bond acceptors (Lipinski definition) is 1. The summed E-state index contributed by atoms with van der Waals surface area (Å²) in [4.78, 5) is 10.4. The summed E-state index contributed by atoms with van der Waals surface area (Å²) in [5.41, 5.74) is 0. The molecule has 0 saturated heterocycles. The topological polar surface area (TPSA) is 37.3 Å². The number of carboxylic acid groups (broad SMARTS) is 1. The summed E-state index contributed by atoms with van der Waals surface area (Å²) in [6, 6.07) is 0. The highest BCUT2D eigenvalue weighted by atomic mass is 16.4. The SMILES string of the molecule is CC/C=C/C/C=C/C/C=C/C/C=C/C/C=C/C/C=C/CCCCCCCCCCCCC(=O)O. The van der Waals surface area contributed by atoms with E-state index in [1.54, 1.807) is 0 Å². The van der Waals surface area contributed by atoms with E-state index in [1.165, 1.54) is 57.8 Å². The lowest BCUT2D eigenvalue weighted by atomic mass is 10.1. The molecule has 0 amide bonds. The Kier molecular flexibility index (Phi) is 27.2. The van der Waals surface area contributed by atoms with E-state index in [0.29, 0.717) is 6.42 Å². The molecule has 0 aromatic carbocycles. The molecule has 0 unspecified atom stereocenters. The summed E-state index contributed by atoms with van der Waals surface area (Å²) in [6.45, 7) is 2.16. The smallest absolute Gasteiger partial charge is 0.303 e. The van der Waals surface area contributed by atoms with Crippen LogP contribution in [0.2, 0.25) is 0 Å². The van der Waals surface area contributed by atoms with Crippen molar-refractivity contribution in [2.75, 3.05) is 0 Å². The van der Waals surface area contributed by atoms with Crippen LogP contribution in [-0.4, -0.2) is 11.1 Å². The first kappa shape index (κ1) is 31.9. The third-order valence-electron chi connectivity index (χ3n) is 5.61. The van der Waals surface area contributed by atoms with Crippen molar-refractivity contribution in [3.63, 3.8) is 0 Å². The van der Waals surface area contributed by atoms with E-state index in [0.717, 1.165) is 51.4 Å². The van der Waals surface area contributed by atoms with Crippen molar-refractivity contribution in [1.29, 1.82) is 0 Å². The van der Waals surface area contributed by atoms with Crippen LogP contribution in [0.15, 0.2) is 72.9 Å². The molecule has 2 heteroatoms. The molecule has 0 aliphatic rings. The molecule has 0 aromatic rings. The van der Waals surface area contributed by atoms with Crippen molar-refractivity contribution in [3.8, 4) is 0 Å². The van der Waals surface area contributed by atoms with Gasteiger partial charge in [0.2, 0.25) is 0 Å². The van der Waals surface area contributed by atoms with Gasteiger partial charge in [-0.25, -0.2) is 0 Å². The molecular formula is C32H52O2. The Hall–Kier alpha value is -2.09. The molecule has 0 bridgehead atoms. The minimum atomic E-state index is -0.663. The molecule has 1 N–H and O–H groups in total. The molecule has 0 aliphatic heterocycles. The van der Waals surface area contributed by atoms with Crippen molar-refractivity contribution >= 4 is 5.97 Å². The molecule has 0 heterocycles. The summed E-state index contributed by atoms with van der Waals surface area (Å²) in [7, 11) is 0. The largest absolute Gasteiger partial charge is 0.481 e. The second kappa shape index (κ2) is 28.9. The standard InChI is InChI=1S/C32H52O2/c1-2-3-4-5-6-7-8-9-10-11-12-13-14-15-16-17-18-19-20-21-22-23-24-25-26-27-28-29-30-31-32(33)34/h3-4,6-7,9-10,12-13,15-16,18-19H,2,5,8,11,14,17,20-31H2,1H3,(H,33,34)/b4-3+,7-6+,10-9+,13-12+,16-15+,19-18+. The van der Waals surface area contributed by atoms with Crippen LogP contribution in [0.3, 0.4) is 0 Å². The van der Waals surface area contributed by atoms with Gasteiger partial charge in [0.15, 0.2) is 0 Å². The summed E-state index contributed by atoms with van der Waals surface area (Å²) in [5, 5.41) is 8.60. The highest BCUT2D eigenvalue weighted by Crippen LogP contribution is 2.12. The first-order valence-corrected chi connectivity index (χ1v) is 13.9. The second-order valence-electron chi connectivity index (χ2n) is 8.88. The van der Waals surface area contributed by atoms with Crippen molar-refractivity contribution < 1.29 is 9.90 Å². The monoisotopic (exact) mass is 468 g/mol. The van der Waals surface area contributed by atoms with Crippen LogP contribution in [0.25, 0.3) is 0 Å². The summed E-state index contributed by atoms with van der Waals surface area (Å²) >= 11 is 0. The van der Waals surface area contributed by atoms with Crippen LogP contribution in [0.1, 0.15) is 122 Å². The first-order chi connectivity index (χ1) is 16.8. The third-order valence-corrected chi connectivity index (χ3v) is 5.61. The van der Waals surface area contributed by atoms with Crippen LogP contribution in [-0.2, 0) is 4.79 Å². The highest BCUT2D eigenvalue weighted by molar-refractivity contribution is 5.66. The molecular weight excluding hydrogens is 416 g/mol. The van der Waals surface area contributed by atoms with Gasteiger partial charge in [0.25, 0.3) is 0 Å². The van der Waals surface area contributed by atoms with Gasteiger partial charge in [-0.15, -0.1) is 0 Å². The normalized spacial score (nSPS) is 12.7. The lowest BCUT2D eigenvalue weighted by molar-refractivity contribution is -0.137. The summed E-state index contributed by atoms with van der Waals surface area (Å²) in [6.07, 6.45) is 47.1. The van der Waals surface area contributed by atoms with Gasteiger partial charge in [-0.3, -0.25) is 4.79 Å². The molecule has 0 radical (unpaired) electrons. The van der Waals surface area contributed by atoms with Crippen LogP contribution >= 0.6 is 0 Å². The van der Waals surface area contributed by atoms with Crippen LogP contribution in [0, 0.1) is 0 Å². The Morgan fingerprint density at radius 2 is 0.794 bits per heavy atom. The zero-order valence-electron chi connectivity index (χ0n) is 22.0. The lowest BCUT2D eigenvalue weighted by Gasteiger charge is -2.01. The van der Waals surface area contributed by atoms with Crippen molar-refractivity contribution in [1.82, 2.24) is 0 Å². The third kappa shape index (κ3) is 29.9. The van der Waals surface area contributed by atoms with Crippen LogP contribution in [0.4, 0.5) is 0 Å². The van der Waals surface area contributed by atoms with E-state index >= 15 is 0 Å². The molecule has 0 aliphatic carbocycles. The quantitative estimate of drug-likeness (QED) is 0.113. The van der Waals surface area contributed by atoms with Crippen LogP contribution < -0.4 is 0 Å². The van der Waals surface area contributed by atoms with E-state index in [4.69, 9.17) is 5.11 Å². The Bertz CT molecular complexity index is 605. The number of carbonyl (C=O) groups is 1. The fourth-order valence-electron chi connectivity index (χ4n) is 3.59. The molecule has 34 heavy (non-hydrogen) atoms. The molecule has 0 spiro atoms. The van der Waals surface area contributed by atoms with E-state index in [9.17, 15) is 4.79 Å². The van der Waals surface area contributed by atoms with Crippen molar-refractivity contribution in [3.05, 3.63) is 72.9 Å². The van der Waals surface area contributed by atoms with Gasteiger partial charge >= 0.3 is 5.97 Å². The van der Waals surface area contributed by atoms with Gasteiger partial charge in [-0.05, 0) is 57.8 Å². The molecule has 0 atom stereocenters. The predicted octanol–water partition coefficient (Wildman–Crippen LogP) is 10.4. The Morgan fingerprint density at radius 1 is 0.471 bits per heavy atom. The van der Waals surface area contributed by atoms with Gasteiger partial charge in [0, 0.05) is 6.42 Å². The Balaban J connectivity index is 3.36. The molecule has 0 fully saturated rings. The van der Waals surface area contributed by atoms with Gasteiger partial charge in [0.05, 0.1) is 0 Å².